The van der Waals surface area contributed by atoms with E-state index in [4.69, 9.17) is 4.98 Å². The predicted octanol–water partition coefficient (Wildman–Crippen LogP) is 5.13. The monoisotopic (exact) mass is 419 g/mol. The lowest BCUT2D eigenvalue weighted by atomic mass is 10.1. The van der Waals surface area contributed by atoms with Gasteiger partial charge in [0.1, 0.15) is 11.6 Å². The second-order valence-electron chi connectivity index (χ2n) is 7.07. The number of nitrogens with zero attached hydrogens (tertiary/aromatic N) is 3. The zero-order valence-corrected chi connectivity index (χ0v) is 16.7. The minimum atomic E-state index is -4.41. The van der Waals surface area contributed by atoms with Gasteiger partial charge in [-0.05, 0) is 55.2 Å². The molecule has 1 atom stereocenters. The number of halogens is 3. The minimum Gasteiger partial charge on any atom is -0.340 e. The first kappa shape index (κ1) is 19.8. The highest BCUT2D eigenvalue weighted by atomic mass is 32.2. The molecule has 0 radical (unpaired) electrons. The molecule has 4 rings (SSSR count). The maximum atomic E-state index is 12.8. The van der Waals surface area contributed by atoms with Crippen LogP contribution >= 0.6 is 11.9 Å². The first-order valence-corrected chi connectivity index (χ1v) is 9.99. The van der Waals surface area contributed by atoms with Crippen LogP contribution in [0.1, 0.15) is 18.3 Å². The number of benzene rings is 1. The molecule has 0 fully saturated rings. The first-order chi connectivity index (χ1) is 13.8. The number of pyridine rings is 1. The Labute approximate surface area is 170 Å². The van der Waals surface area contributed by atoms with Gasteiger partial charge < -0.3 is 9.88 Å². The summed E-state index contributed by atoms with van der Waals surface area (Å²) in [6.07, 6.45) is -0.599. The van der Waals surface area contributed by atoms with E-state index in [1.807, 2.05) is 31.4 Å². The number of rotatable bonds is 5. The second kappa shape index (κ2) is 7.72. The summed E-state index contributed by atoms with van der Waals surface area (Å²) in [4.78, 5) is 9.71. The summed E-state index contributed by atoms with van der Waals surface area (Å²) in [7, 11) is 1.84. The summed E-state index contributed by atoms with van der Waals surface area (Å²) in [5.41, 5.74) is 1.67. The van der Waals surface area contributed by atoms with Gasteiger partial charge in [-0.1, -0.05) is 6.92 Å². The highest BCUT2D eigenvalue weighted by molar-refractivity contribution is 7.97. The van der Waals surface area contributed by atoms with Gasteiger partial charge in [0.15, 0.2) is 0 Å². The average molecular weight is 419 g/mol. The van der Waals surface area contributed by atoms with Crippen LogP contribution in [-0.4, -0.2) is 21.6 Å². The summed E-state index contributed by atoms with van der Waals surface area (Å²) < 4.78 is 43.5. The number of imidazole rings is 1. The topological polar surface area (TPSA) is 54.8 Å². The molecule has 0 spiro atoms. The van der Waals surface area contributed by atoms with Gasteiger partial charge in [-0.25, -0.2) is 9.97 Å². The van der Waals surface area contributed by atoms with Crippen LogP contribution in [0.15, 0.2) is 47.6 Å². The van der Waals surface area contributed by atoms with Crippen LogP contribution in [0.4, 0.5) is 24.7 Å². The van der Waals surface area contributed by atoms with Crippen molar-refractivity contribution in [2.75, 3.05) is 12.4 Å². The number of fused-ring (bicyclic) bond motifs is 1. The number of anilines is 2. The van der Waals surface area contributed by atoms with E-state index in [9.17, 15) is 13.2 Å². The Hall–Kier alpha value is -2.52. The Balaban J connectivity index is 1.67. The molecule has 2 N–H and O–H groups in total. The van der Waals surface area contributed by atoms with Crippen LogP contribution in [0, 0.1) is 5.92 Å². The summed E-state index contributed by atoms with van der Waals surface area (Å²) >= 11 is 1.48. The Kier molecular flexibility index (Phi) is 5.26. The molecule has 1 unspecified atom stereocenters. The van der Waals surface area contributed by atoms with E-state index in [1.165, 1.54) is 18.0 Å². The molecule has 2 aromatic heterocycles. The Bertz CT molecular complexity index is 990. The molecule has 0 aliphatic carbocycles. The first-order valence-electron chi connectivity index (χ1n) is 9.18. The van der Waals surface area contributed by atoms with Gasteiger partial charge in [0.25, 0.3) is 0 Å². The maximum Gasteiger partial charge on any atom is 0.417 e. The van der Waals surface area contributed by atoms with E-state index < -0.39 is 11.7 Å². The zero-order valence-electron chi connectivity index (χ0n) is 15.9. The molecule has 9 heteroatoms. The molecule has 0 bridgehead atoms. The van der Waals surface area contributed by atoms with E-state index in [2.05, 4.69) is 26.5 Å². The molecule has 3 heterocycles. The maximum absolute atomic E-state index is 12.8. The van der Waals surface area contributed by atoms with Gasteiger partial charge in [0.05, 0.1) is 11.3 Å². The Morgan fingerprint density at radius 3 is 2.69 bits per heavy atom. The molecule has 0 saturated heterocycles. The quantitative estimate of drug-likeness (QED) is 0.562. The van der Waals surface area contributed by atoms with Gasteiger partial charge in [0, 0.05) is 41.5 Å². The third-order valence-electron chi connectivity index (χ3n) is 4.74. The van der Waals surface area contributed by atoms with Crippen molar-refractivity contribution in [1.82, 2.24) is 19.3 Å². The summed E-state index contributed by atoms with van der Waals surface area (Å²) in [5.74, 6) is 1.97. The lowest BCUT2D eigenvalue weighted by molar-refractivity contribution is -0.137. The summed E-state index contributed by atoms with van der Waals surface area (Å²) in [6.45, 7) is 3.14. The van der Waals surface area contributed by atoms with Crippen LogP contribution in [0.2, 0.25) is 0 Å². The lowest BCUT2D eigenvalue weighted by Crippen LogP contribution is -2.06. The van der Waals surface area contributed by atoms with E-state index in [0.29, 0.717) is 11.7 Å². The van der Waals surface area contributed by atoms with Crippen molar-refractivity contribution < 1.29 is 13.2 Å². The molecule has 1 aliphatic rings. The third kappa shape index (κ3) is 4.25. The normalized spacial score (nSPS) is 16.1. The fourth-order valence-corrected chi connectivity index (χ4v) is 3.96. The van der Waals surface area contributed by atoms with Gasteiger partial charge in [0.2, 0.25) is 0 Å². The van der Waals surface area contributed by atoms with Crippen molar-refractivity contribution in [2.24, 2.45) is 5.92 Å². The van der Waals surface area contributed by atoms with Crippen molar-refractivity contribution in [3.63, 3.8) is 0 Å². The molecular weight excluding hydrogens is 399 g/mol. The molecular formula is C20H20F3N5S. The van der Waals surface area contributed by atoms with Crippen LogP contribution in [0.3, 0.4) is 0 Å². The predicted molar refractivity (Wildman–Crippen MR) is 108 cm³/mol. The number of hydrogen-bond donors (Lipinski definition) is 2. The van der Waals surface area contributed by atoms with E-state index in [0.717, 1.165) is 52.9 Å². The van der Waals surface area contributed by atoms with Gasteiger partial charge in [-0.3, -0.25) is 4.72 Å². The lowest BCUT2D eigenvalue weighted by Gasteiger charge is -2.13. The van der Waals surface area contributed by atoms with Gasteiger partial charge in [-0.2, -0.15) is 13.2 Å². The molecule has 5 nitrogen and oxygen atoms in total. The van der Waals surface area contributed by atoms with Crippen molar-refractivity contribution in [1.29, 1.82) is 0 Å². The van der Waals surface area contributed by atoms with Gasteiger partial charge in [-0.15, -0.1) is 0 Å². The Morgan fingerprint density at radius 1 is 1.21 bits per heavy atom. The molecule has 0 saturated carbocycles. The van der Waals surface area contributed by atoms with E-state index in [1.54, 1.807) is 0 Å². The molecule has 3 aromatic rings. The molecule has 0 amide bonds. The second-order valence-corrected chi connectivity index (χ2v) is 8.16. The summed E-state index contributed by atoms with van der Waals surface area (Å²) in [6, 6.07) is 8.18. The molecule has 1 aliphatic heterocycles. The van der Waals surface area contributed by atoms with Crippen LogP contribution in [-0.2, 0) is 19.1 Å². The molecule has 29 heavy (non-hydrogen) atoms. The van der Waals surface area contributed by atoms with Crippen molar-refractivity contribution in [2.45, 2.75) is 31.0 Å². The largest absolute Gasteiger partial charge is 0.417 e. The fraction of sp³-hybridized carbons (Fsp3) is 0.300. The van der Waals surface area contributed by atoms with E-state index in [-0.39, 0.29) is 0 Å². The third-order valence-corrected chi connectivity index (χ3v) is 5.43. The highest BCUT2D eigenvalue weighted by Crippen LogP contribution is 2.35. The van der Waals surface area contributed by atoms with Crippen molar-refractivity contribution in [3.05, 3.63) is 54.1 Å². The average Bonchev–Trinajstić information content (AvgIpc) is 3.20. The van der Waals surface area contributed by atoms with Crippen molar-refractivity contribution in [3.8, 4) is 11.3 Å². The minimum absolute atomic E-state index is 0.341. The summed E-state index contributed by atoms with van der Waals surface area (Å²) in [5, 5.41) is 3.14. The van der Waals surface area contributed by atoms with E-state index >= 15 is 0 Å². The van der Waals surface area contributed by atoms with Crippen molar-refractivity contribution >= 4 is 23.5 Å². The number of nitrogens with one attached hydrogen (secondary N) is 2. The fourth-order valence-electron chi connectivity index (χ4n) is 3.42. The smallest absolute Gasteiger partial charge is 0.340 e. The molecule has 1 aromatic carbocycles. The van der Waals surface area contributed by atoms with Crippen LogP contribution in [0.5, 0.6) is 0 Å². The van der Waals surface area contributed by atoms with Gasteiger partial charge >= 0.3 is 6.18 Å². The number of aromatic nitrogens is 3. The number of hydrogen-bond acceptors (Lipinski definition) is 5. The van der Waals surface area contributed by atoms with Crippen LogP contribution < -0.4 is 10.0 Å². The Morgan fingerprint density at radius 2 is 2.03 bits per heavy atom. The SMILES string of the molecule is CNSc1ccc(Nc2ccc(C(F)(F)F)cn2)c(-c2cn3c(n2)CC(C)C3)c1. The van der Waals surface area contributed by atoms with Crippen LogP contribution in [0.25, 0.3) is 11.3 Å². The highest BCUT2D eigenvalue weighted by Gasteiger charge is 2.30. The zero-order chi connectivity index (χ0) is 20.6. The number of alkyl halides is 3. The molecule has 152 valence electrons. The standard InChI is InChI=1S/C20H20F3N5S/c1-12-7-19-27-17(11-28(19)10-12)15-8-14(29-24-2)4-5-16(15)26-18-6-3-13(9-25-18)20(21,22)23/h3-6,8-9,11-12,24H,7,10H2,1-2H3,(H,25,26).